The number of hydrogen-bond donors (Lipinski definition) is 1. The minimum atomic E-state index is -0.668. The van der Waals surface area contributed by atoms with Gasteiger partial charge in [0.05, 0.1) is 17.5 Å². The SMILES string of the molecule is CCOC(=O)c1ccc(-c2ccc([C@@H]3N=c4ccccc4=C4C(=O)NC(SCc5ccc(C)cc5)=NN43)o2)cc1. The number of nitrogens with one attached hydrogen (secondary N) is 1. The van der Waals surface area contributed by atoms with E-state index in [9.17, 15) is 9.59 Å². The minimum absolute atomic E-state index is 0.241. The highest BCUT2D eigenvalue weighted by atomic mass is 32.2. The fraction of sp³-hybridized carbons (Fsp3) is 0.161. The van der Waals surface area contributed by atoms with Crippen molar-refractivity contribution in [3.63, 3.8) is 0 Å². The second kappa shape index (κ2) is 10.9. The number of furan rings is 1. The summed E-state index contributed by atoms with van der Waals surface area (Å²) in [7, 11) is 0. The molecule has 8 nitrogen and oxygen atoms in total. The number of hydrogen-bond acceptors (Lipinski definition) is 8. The van der Waals surface area contributed by atoms with E-state index in [1.165, 1.54) is 17.3 Å². The minimum Gasteiger partial charge on any atom is -0.462 e. The molecule has 40 heavy (non-hydrogen) atoms. The molecule has 0 saturated carbocycles. The molecule has 0 spiro atoms. The number of hydrazone groups is 1. The predicted octanol–water partition coefficient (Wildman–Crippen LogP) is 4.51. The third-order valence-electron chi connectivity index (χ3n) is 6.57. The standard InChI is InChI=1S/C31H26N4O4S/c1-3-38-30(37)22-14-12-21(13-15-22)25-16-17-26(39-25)28-32-24-7-5-4-6-23(24)27-29(36)33-31(34-35(27)28)40-18-20-10-8-19(2)9-11-20/h4-17,28H,3,18H2,1-2H3,(H,33,34,36)/t28-/m1/s1. The largest absolute Gasteiger partial charge is 0.462 e. The van der Waals surface area contributed by atoms with Gasteiger partial charge in [0, 0.05) is 16.5 Å². The summed E-state index contributed by atoms with van der Waals surface area (Å²) in [6.07, 6.45) is -0.668. The molecule has 200 valence electrons. The van der Waals surface area contributed by atoms with Gasteiger partial charge in [0.2, 0.25) is 6.17 Å². The first-order valence-electron chi connectivity index (χ1n) is 12.9. The van der Waals surface area contributed by atoms with E-state index in [1.54, 1.807) is 24.1 Å². The Morgan fingerprint density at radius 3 is 2.58 bits per heavy atom. The lowest BCUT2D eigenvalue weighted by Gasteiger charge is -2.32. The highest BCUT2D eigenvalue weighted by molar-refractivity contribution is 8.13. The molecule has 4 aromatic rings. The number of rotatable bonds is 6. The smallest absolute Gasteiger partial charge is 0.338 e. The lowest BCUT2D eigenvalue weighted by molar-refractivity contribution is -0.116. The molecular weight excluding hydrogens is 524 g/mol. The van der Waals surface area contributed by atoms with Gasteiger partial charge in [-0.2, -0.15) is 0 Å². The van der Waals surface area contributed by atoms with Crippen molar-refractivity contribution in [2.45, 2.75) is 25.8 Å². The molecule has 6 rings (SSSR count). The Balaban J connectivity index is 1.33. The molecule has 0 saturated heterocycles. The Hall–Kier alpha value is -4.63. The van der Waals surface area contributed by atoms with E-state index in [1.807, 2.05) is 48.5 Å². The monoisotopic (exact) mass is 550 g/mol. The summed E-state index contributed by atoms with van der Waals surface area (Å²) >= 11 is 1.46. The van der Waals surface area contributed by atoms with Gasteiger partial charge in [-0.15, -0.1) is 5.10 Å². The van der Waals surface area contributed by atoms with Gasteiger partial charge in [0.15, 0.2) is 10.9 Å². The van der Waals surface area contributed by atoms with Gasteiger partial charge in [-0.05, 0) is 49.7 Å². The number of amidine groups is 1. The predicted molar refractivity (Wildman–Crippen MR) is 153 cm³/mol. The summed E-state index contributed by atoms with van der Waals surface area (Å²) in [4.78, 5) is 30.3. The quantitative estimate of drug-likeness (QED) is 0.355. The van der Waals surface area contributed by atoms with E-state index in [0.29, 0.717) is 50.9 Å². The molecule has 0 unspecified atom stereocenters. The number of carbonyl (C=O) groups excluding carboxylic acids is 2. The molecule has 0 aliphatic carbocycles. The number of thioether (sulfide) groups is 1. The van der Waals surface area contributed by atoms with Gasteiger partial charge in [-0.1, -0.05) is 71.9 Å². The summed E-state index contributed by atoms with van der Waals surface area (Å²) in [6, 6.07) is 26.5. The van der Waals surface area contributed by atoms with Crippen LogP contribution in [-0.4, -0.2) is 28.7 Å². The van der Waals surface area contributed by atoms with E-state index < -0.39 is 6.17 Å². The first-order valence-corrected chi connectivity index (χ1v) is 13.9. The Morgan fingerprint density at radius 1 is 1.02 bits per heavy atom. The Bertz CT molecular complexity index is 1740. The van der Waals surface area contributed by atoms with Crippen molar-refractivity contribution in [1.82, 2.24) is 10.3 Å². The summed E-state index contributed by atoms with van der Waals surface area (Å²) < 4.78 is 11.3. The number of aryl methyl sites for hydroxylation is 1. The van der Waals surface area contributed by atoms with E-state index in [-0.39, 0.29) is 11.9 Å². The van der Waals surface area contributed by atoms with Crippen molar-refractivity contribution in [2.75, 3.05) is 6.61 Å². The van der Waals surface area contributed by atoms with Crippen LogP contribution in [0.25, 0.3) is 17.0 Å². The van der Waals surface area contributed by atoms with Crippen molar-refractivity contribution >= 4 is 34.5 Å². The number of para-hydroxylation sites is 1. The van der Waals surface area contributed by atoms with Gasteiger partial charge in [0.25, 0.3) is 5.91 Å². The van der Waals surface area contributed by atoms with Crippen LogP contribution in [0, 0.1) is 6.92 Å². The molecule has 1 N–H and O–H groups in total. The maximum absolute atomic E-state index is 13.4. The van der Waals surface area contributed by atoms with E-state index in [2.05, 4.69) is 36.5 Å². The van der Waals surface area contributed by atoms with Crippen LogP contribution in [0.5, 0.6) is 0 Å². The number of amides is 1. The van der Waals surface area contributed by atoms with Crippen LogP contribution in [0.3, 0.4) is 0 Å². The maximum atomic E-state index is 13.4. The molecule has 2 aliphatic rings. The van der Waals surface area contributed by atoms with Gasteiger partial charge < -0.3 is 9.15 Å². The Kier molecular flexibility index (Phi) is 6.96. The average Bonchev–Trinajstić information content (AvgIpc) is 3.47. The number of benzene rings is 3. The number of ether oxygens (including phenoxy) is 1. The molecule has 3 aromatic carbocycles. The van der Waals surface area contributed by atoms with Crippen LogP contribution in [0.4, 0.5) is 0 Å². The number of nitrogens with zero attached hydrogens (tertiary/aromatic N) is 3. The molecule has 0 fully saturated rings. The van der Waals surface area contributed by atoms with Crippen LogP contribution in [0.2, 0.25) is 0 Å². The number of carbonyl (C=O) groups is 2. The molecule has 1 aromatic heterocycles. The fourth-order valence-corrected chi connectivity index (χ4v) is 5.35. The Labute approximate surface area is 235 Å². The van der Waals surface area contributed by atoms with Crippen molar-refractivity contribution in [2.24, 2.45) is 10.1 Å². The van der Waals surface area contributed by atoms with Gasteiger partial charge in [-0.3, -0.25) is 10.1 Å². The third-order valence-corrected chi connectivity index (χ3v) is 7.51. The van der Waals surface area contributed by atoms with Gasteiger partial charge >= 0.3 is 5.97 Å². The zero-order valence-corrected chi connectivity index (χ0v) is 22.8. The number of esters is 1. The van der Waals surface area contributed by atoms with Gasteiger partial charge in [0.1, 0.15) is 11.5 Å². The maximum Gasteiger partial charge on any atom is 0.338 e. The first-order chi connectivity index (χ1) is 19.5. The third kappa shape index (κ3) is 5.03. The molecule has 0 radical (unpaired) electrons. The summed E-state index contributed by atoms with van der Waals surface area (Å²) in [6.45, 7) is 4.14. The molecular formula is C31H26N4O4S. The normalized spacial score (nSPS) is 15.9. The van der Waals surface area contributed by atoms with Crippen molar-refractivity contribution in [3.05, 3.63) is 118 Å². The van der Waals surface area contributed by atoms with Crippen molar-refractivity contribution < 1.29 is 18.7 Å². The van der Waals surface area contributed by atoms with Crippen LogP contribution in [-0.2, 0) is 15.3 Å². The Morgan fingerprint density at radius 2 is 1.80 bits per heavy atom. The lowest BCUT2D eigenvalue weighted by Crippen LogP contribution is -2.50. The second-order valence-corrected chi connectivity index (χ2v) is 10.3. The summed E-state index contributed by atoms with van der Waals surface area (Å²) in [5.74, 6) is 1.20. The van der Waals surface area contributed by atoms with Crippen LogP contribution in [0.15, 0.2) is 99.4 Å². The zero-order valence-electron chi connectivity index (χ0n) is 22.0. The van der Waals surface area contributed by atoms with Crippen molar-refractivity contribution in [1.29, 1.82) is 0 Å². The summed E-state index contributed by atoms with van der Waals surface area (Å²) in [5, 5.41) is 11.3. The molecule has 0 bridgehead atoms. The van der Waals surface area contributed by atoms with E-state index in [4.69, 9.17) is 19.2 Å². The van der Waals surface area contributed by atoms with Gasteiger partial charge in [-0.25, -0.2) is 14.8 Å². The van der Waals surface area contributed by atoms with Crippen LogP contribution in [0.1, 0.15) is 40.3 Å². The average molecular weight is 551 g/mol. The zero-order chi connectivity index (χ0) is 27.6. The van der Waals surface area contributed by atoms with Crippen LogP contribution < -0.4 is 15.9 Å². The first kappa shape index (κ1) is 25.6. The molecule has 1 atom stereocenters. The van der Waals surface area contributed by atoms with E-state index in [0.717, 1.165) is 11.1 Å². The molecule has 3 heterocycles. The fourth-order valence-electron chi connectivity index (χ4n) is 4.55. The van der Waals surface area contributed by atoms with E-state index >= 15 is 0 Å². The topological polar surface area (TPSA) is 96.5 Å². The highest BCUT2D eigenvalue weighted by Gasteiger charge is 2.36. The highest BCUT2D eigenvalue weighted by Crippen LogP contribution is 2.34. The summed E-state index contributed by atoms with van der Waals surface area (Å²) in [5.41, 5.74) is 4.03. The lowest BCUT2D eigenvalue weighted by atomic mass is 10.1. The molecule has 9 heteroatoms. The number of fused-ring (bicyclic) bond motifs is 2. The van der Waals surface area contributed by atoms with Crippen LogP contribution >= 0.6 is 11.8 Å². The van der Waals surface area contributed by atoms with Crippen molar-refractivity contribution in [3.8, 4) is 11.3 Å². The molecule has 1 amide bonds. The second-order valence-electron chi connectivity index (χ2n) is 9.35. The molecule has 2 aliphatic heterocycles.